The van der Waals surface area contributed by atoms with E-state index in [0.717, 1.165) is 24.3 Å². The SMILES string of the molecule is CCCOc1ccccc1C(COCCOC)NC. The predicted molar refractivity (Wildman–Crippen MR) is 76.7 cm³/mol. The molecule has 0 heterocycles. The van der Waals surface area contributed by atoms with Gasteiger partial charge in [-0.2, -0.15) is 0 Å². The first-order valence-corrected chi connectivity index (χ1v) is 6.79. The lowest BCUT2D eigenvalue weighted by atomic mass is 10.1. The van der Waals surface area contributed by atoms with Crippen molar-refractivity contribution in [2.75, 3.05) is 40.6 Å². The molecule has 19 heavy (non-hydrogen) atoms. The standard InChI is InChI=1S/C15H25NO3/c1-4-9-19-15-8-6-5-7-13(15)14(16-2)12-18-11-10-17-3/h5-8,14,16H,4,9-12H2,1-3H3. The average Bonchev–Trinajstić information content (AvgIpc) is 2.46. The molecule has 1 N–H and O–H groups in total. The number of para-hydroxylation sites is 1. The molecule has 0 saturated carbocycles. The topological polar surface area (TPSA) is 39.7 Å². The highest BCUT2D eigenvalue weighted by molar-refractivity contribution is 5.36. The molecule has 1 unspecified atom stereocenters. The molecule has 4 heteroatoms. The number of rotatable bonds is 10. The maximum absolute atomic E-state index is 5.78. The Bertz CT molecular complexity index is 344. The minimum Gasteiger partial charge on any atom is -0.493 e. The number of hydrogen-bond acceptors (Lipinski definition) is 4. The quantitative estimate of drug-likeness (QED) is 0.661. The summed E-state index contributed by atoms with van der Waals surface area (Å²) >= 11 is 0. The molecular weight excluding hydrogens is 242 g/mol. The van der Waals surface area contributed by atoms with Gasteiger partial charge in [0.15, 0.2) is 0 Å². The molecule has 1 atom stereocenters. The second-order valence-electron chi connectivity index (χ2n) is 4.30. The van der Waals surface area contributed by atoms with Crippen LogP contribution in [0.25, 0.3) is 0 Å². The van der Waals surface area contributed by atoms with Crippen LogP contribution in [-0.2, 0) is 9.47 Å². The Hall–Kier alpha value is -1.10. The van der Waals surface area contributed by atoms with Crippen molar-refractivity contribution in [1.29, 1.82) is 0 Å². The van der Waals surface area contributed by atoms with E-state index in [-0.39, 0.29) is 6.04 Å². The third-order valence-electron chi connectivity index (χ3n) is 2.82. The molecule has 108 valence electrons. The molecule has 1 aromatic rings. The largest absolute Gasteiger partial charge is 0.493 e. The predicted octanol–water partition coefficient (Wildman–Crippen LogP) is 2.40. The summed E-state index contributed by atoms with van der Waals surface area (Å²) in [6.45, 7) is 4.66. The average molecular weight is 267 g/mol. The van der Waals surface area contributed by atoms with Crippen LogP contribution in [0, 0.1) is 0 Å². The number of methoxy groups -OCH3 is 1. The first-order valence-electron chi connectivity index (χ1n) is 6.79. The van der Waals surface area contributed by atoms with Gasteiger partial charge in [0.2, 0.25) is 0 Å². The first-order chi connectivity index (χ1) is 9.33. The summed E-state index contributed by atoms with van der Waals surface area (Å²) in [4.78, 5) is 0. The molecule has 0 bridgehead atoms. The molecule has 0 radical (unpaired) electrons. The third-order valence-corrected chi connectivity index (χ3v) is 2.82. The van der Waals surface area contributed by atoms with Gasteiger partial charge in [0.05, 0.1) is 32.5 Å². The molecule has 0 aromatic heterocycles. The van der Waals surface area contributed by atoms with Crippen molar-refractivity contribution >= 4 is 0 Å². The van der Waals surface area contributed by atoms with E-state index in [1.165, 1.54) is 0 Å². The van der Waals surface area contributed by atoms with Crippen LogP contribution in [-0.4, -0.2) is 40.6 Å². The minimum absolute atomic E-state index is 0.130. The Kier molecular flexibility index (Phi) is 8.21. The van der Waals surface area contributed by atoms with Crippen molar-refractivity contribution in [2.24, 2.45) is 0 Å². The summed E-state index contributed by atoms with van der Waals surface area (Å²) in [5, 5.41) is 3.27. The number of hydrogen-bond donors (Lipinski definition) is 1. The fourth-order valence-corrected chi connectivity index (χ4v) is 1.78. The Morgan fingerprint density at radius 1 is 1.16 bits per heavy atom. The van der Waals surface area contributed by atoms with Crippen molar-refractivity contribution < 1.29 is 14.2 Å². The molecule has 0 fully saturated rings. The van der Waals surface area contributed by atoms with Gasteiger partial charge in [0.25, 0.3) is 0 Å². The van der Waals surface area contributed by atoms with Crippen LogP contribution in [0.4, 0.5) is 0 Å². The Morgan fingerprint density at radius 2 is 1.95 bits per heavy atom. The van der Waals surface area contributed by atoms with Crippen LogP contribution in [0.3, 0.4) is 0 Å². The van der Waals surface area contributed by atoms with Gasteiger partial charge in [-0.25, -0.2) is 0 Å². The zero-order valence-electron chi connectivity index (χ0n) is 12.1. The van der Waals surface area contributed by atoms with Gasteiger partial charge in [-0.3, -0.25) is 0 Å². The lowest BCUT2D eigenvalue weighted by Gasteiger charge is -2.20. The Balaban J connectivity index is 2.62. The van der Waals surface area contributed by atoms with Crippen molar-refractivity contribution in [3.8, 4) is 5.75 Å². The summed E-state index contributed by atoms with van der Waals surface area (Å²) < 4.78 is 16.3. The van der Waals surface area contributed by atoms with Crippen molar-refractivity contribution in [3.05, 3.63) is 29.8 Å². The van der Waals surface area contributed by atoms with Crippen molar-refractivity contribution in [1.82, 2.24) is 5.32 Å². The van der Waals surface area contributed by atoms with Gasteiger partial charge in [-0.15, -0.1) is 0 Å². The number of ether oxygens (including phenoxy) is 3. The van der Waals surface area contributed by atoms with Crippen LogP contribution >= 0.6 is 0 Å². The number of nitrogens with one attached hydrogen (secondary N) is 1. The lowest BCUT2D eigenvalue weighted by molar-refractivity contribution is 0.0592. The maximum Gasteiger partial charge on any atom is 0.124 e. The third kappa shape index (κ3) is 5.59. The van der Waals surface area contributed by atoms with Crippen LogP contribution < -0.4 is 10.1 Å². The molecule has 1 rings (SSSR count). The van der Waals surface area contributed by atoms with Crippen molar-refractivity contribution in [2.45, 2.75) is 19.4 Å². The fourth-order valence-electron chi connectivity index (χ4n) is 1.78. The molecule has 0 amide bonds. The highest BCUT2D eigenvalue weighted by Crippen LogP contribution is 2.25. The van der Waals surface area contributed by atoms with Gasteiger partial charge < -0.3 is 19.5 Å². The van der Waals surface area contributed by atoms with Gasteiger partial charge >= 0.3 is 0 Å². The van der Waals surface area contributed by atoms with Crippen LogP contribution in [0.1, 0.15) is 24.9 Å². The molecule has 0 saturated heterocycles. The van der Waals surface area contributed by atoms with E-state index < -0.39 is 0 Å². The Morgan fingerprint density at radius 3 is 2.63 bits per heavy atom. The first kappa shape index (κ1) is 16.0. The van der Waals surface area contributed by atoms with E-state index in [2.05, 4.69) is 18.3 Å². The zero-order valence-corrected chi connectivity index (χ0v) is 12.1. The molecular formula is C15H25NO3. The van der Waals surface area contributed by atoms with Gasteiger partial charge in [-0.1, -0.05) is 25.1 Å². The summed E-state index contributed by atoms with van der Waals surface area (Å²) in [5.74, 6) is 0.930. The highest BCUT2D eigenvalue weighted by Gasteiger charge is 2.14. The van der Waals surface area contributed by atoms with Gasteiger partial charge in [0.1, 0.15) is 5.75 Å². The molecule has 4 nitrogen and oxygen atoms in total. The second kappa shape index (κ2) is 9.78. The lowest BCUT2D eigenvalue weighted by Crippen LogP contribution is -2.23. The van der Waals surface area contributed by atoms with E-state index in [1.807, 2.05) is 25.2 Å². The normalized spacial score (nSPS) is 12.4. The van der Waals surface area contributed by atoms with Crippen LogP contribution in [0.5, 0.6) is 5.75 Å². The summed E-state index contributed by atoms with van der Waals surface area (Å²) in [7, 11) is 3.60. The van der Waals surface area contributed by atoms with Crippen LogP contribution in [0.15, 0.2) is 24.3 Å². The van der Waals surface area contributed by atoms with E-state index in [9.17, 15) is 0 Å². The van der Waals surface area contributed by atoms with Crippen molar-refractivity contribution in [3.63, 3.8) is 0 Å². The van der Waals surface area contributed by atoms with Gasteiger partial charge in [0, 0.05) is 12.7 Å². The number of benzene rings is 1. The molecule has 0 spiro atoms. The maximum atomic E-state index is 5.78. The van der Waals surface area contributed by atoms with E-state index >= 15 is 0 Å². The smallest absolute Gasteiger partial charge is 0.124 e. The summed E-state index contributed by atoms with van der Waals surface area (Å²) in [6.07, 6.45) is 1.00. The highest BCUT2D eigenvalue weighted by atomic mass is 16.5. The van der Waals surface area contributed by atoms with Gasteiger partial charge in [-0.05, 0) is 19.5 Å². The second-order valence-corrected chi connectivity index (χ2v) is 4.30. The Labute approximate surface area is 116 Å². The summed E-state index contributed by atoms with van der Waals surface area (Å²) in [5.41, 5.74) is 1.14. The van der Waals surface area contributed by atoms with E-state index in [1.54, 1.807) is 7.11 Å². The molecule has 0 aliphatic heterocycles. The monoisotopic (exact) mass is 267 g/mol. The van der Waals surface area contributed by atoms with Crippen LogP contribution in [0.2, 0.25) is 0 Å². The van der Waals surface area contributed by atoms with E-state index in [0.29, 0.717) is 19.8 Å². The molecule has 0 aliphatic rings. The fraction of sp³-hybridized carbons (Fsp3) is 0.600. The minimum atomic E-state index is 0.130. The molecule has 1 aromatic carbocycles. The zero-order chi connectivity index (χ0) is 13.9. The number of likely N-dealkylation sites (N-methyl/N-ethyl adjacent to an activating group) is 1. The van der Waals surface area contributed by atoms with E-state index in [4.69, 9.17) is 14.2 Å². The summed E-state index contributed by atoms with van der Waals surface area (Å²) in [6, 6.07) is 8.22. The molecule has 0 aliphatic carbocycles.